The van der Waals surface area contributed by atoms with Gasteiger partial charge in [0.1, 0.15) is 0 Å². The predicted octanol–water partition coefficient (Wildman–Crippen LogP) is 2.56. The van der Waals surface area contributed by atoms with E-state index in [0.29, 0.717) is 18.0 Å². The highest BCUT2D eigenvalue weighted by Crippen LogP contribution is 2.26. The van der Waals surface area contributed by atoms with Crippen molar-refractivity contribution < 1.29 is 4.79 Å². The number of piperidine rings is 1. The van der Waals surface area contributed by atoms with E-state index in [0.717, 1.165) is 25.9 Å². The zero-order valence-electron chi connectivity index (χ0n) is 12.0. The van der Waals surface area contributed by atoms with E-state index in [1.165, 1.54) is 32.1 Å². The maximum atomic E-state index is 12.7. The highest BCUT2D eigenvalue weighted by Gasteiger charge is 2.33. The molecule has 0 aromatic carbocycles. The van der Waals surface area contributed by atoms with Gasteiger partial charge in [0.15, 0.2) is 0 Å². The molecule has 1 amide bonds. The van der Waals surface area contributed by atoms with E-state index in [2.05, 4.69) is 24.1 Å². The normalized spacial score (nSPS) is 30.1. The number of hydrogen-bond donors (Lipinski definition) is 1. The molecule has 0 bridgehead atoms. The van der Waals surface area contributed by atoms with Gasteiger partial charge in [-0.2, -0.15) is 0 Å². The highest BCUT2D eigenvalue weighted by molar-refractivity contribution is 5.80. The molecule has 1 aliphatic heterocycles. The molecule has 2 rings (SSSR count). The molecule has 18 heavy (non-hydrogen) atoms. The van der Waals surface area contributed by atoms with Gasteiger partial charge in [0.05, 0.1) is 5.92 Å². The maximum absolute atomic E-state index is 12.7. The van der Waals surface area contributed by atoms with Crippen LogP contribution in [0.1, 0.15) is 58.8 Å². The lowest BCUT2D eigenvalue weighted by Gasteiger charge is -2.38. The first-order valence-corrected chi connectivity index (χ1v) is 7.78. The van der Waals surface area contributed by atoms with E-state index >= 15 is 0 Å². The Morgan fingerprint density at radius 2 is 1.89 bits per heavy atom. The molecule has 104 valence electrons. The van der Waals surface area contributed by atoms with Gasteiger partial charge in [-0.15, -0.1) is 0 Å². The minimum atomic E-state index is 0.209. The second-order valence-electron chi connectivity index (χ2n) is 5.91. The van der Waals surface area contributed by atoms with Gasteiger partial charge >= 0.3 is 0 Å². The fraction of sp³-hybridized carbons (Fsp3) is 0.933. The molecule has 1 saturated heterocycles. The number of nitrogens with zero attached hydrogens (tertiary/aromatic N) is 1. The van der Waals surface area contributed by atoms with Gasteiger partial charge < -0.3 is 10.2 Å². The summed E-state index contributed by atoms with van der Waals surface area (Å²) >= 11 is 0. The minimum absolute atomic E-state index is 0.209. The molecule has 0 spiro atoms. The summed E-state index contributed by atoms with van der Waals surface area (Å²) in [7, 11) is 0. The average molecular weight is 252 g/mol. The zero-order chi connectivity index (χ0) is 13.0. The first-order valence-electron chi connectivity index (χ1n) is 7.78. The average Bonchev–Trinajstić information content (AvgIpc) is 2.41. The summed E-state index contributed by atoms with van der Waals surface area (Å²) in [4.78, 5) is 14.9. The maximum Gasteiger partial charge on any atom is 0.227 e. The molecule has 0 radical (unpaired) electrons. The molecule has 1 heterocycles. The van der Waals surface area contributed by atoms with Crippen LogP contribution in [0.15, 0.2) is 0 Å². The van der Waals surface area contributed by atoms with Crippen LogP contribution in [0.4, 0.5) is 0 Å². The molecule has 0 aromatic rings. The molecular formula is C15H28N2O. The van der Waals surface area contributed by atoms with Crippen LogP contribution < -0.4 is 5.32 Å². The topological polar surface area (TPSA) is 32.3 Å². The number of carbonyl (C=O) groups is 1. The molecule has 1 saturated carbocycles. The van der Waals surface area contributed by atoms with E-state index in [4.69, 9.17) is 0 Å². The van der Waals surface area contributed by atoms with Crippen LogP contribution in [0.5, 0.6) is 0 Å². The van der Waals surface area contributed by atoms with Crippen LogP contribution in [0.3, 0.4) is 0 Å². The van der Waals surface area contributed by atoms with E-state index < -0.39 is 0 Å². The largest absolute Gasteiger partial charge is 0.340 e. The zero-order valence-corrected chi connectivity index (χ0v) is 12.0. The third-order valence-corrected chi connectivity index (χ3v) is 4.72. The second kappa shape index (κ2) is 6.55. The number of nitrogens with one attached hydrogen (secondary N) is 1. The molecule has 3 heteroatoms. The Morgan fingerprint density at radius 3 is 2.50 bits per heavy atom. The summed E-state index contributed by atoms with van der Waals surface area (Å²) in [5.74, 6) is 0.615. The van der Waals surface area contributed by atoms with E-state index in [1.54, 1.807) is 0 Å². The third-order valence-electron chi connectivity index (χ3n) is 4.72. The van der Waals surface area contributed by atoms with Crippen LogP contribution in [-0.4, -0.2) is 36.0 Å². The van der Waals surface area contributed by atoms with Crippen molar-refractivity contribution in [2.45, 2.75) is 70.9 Å². The monoisotopic (exact) mass is 252 g/mol. The summed E-state index contributed by atoms with van der Waals surface area (Å²) < 4.78 is 0. The predicted molar refractivity (Wildman–Crippen MR) is 74.4 cm³/mol. The highest BCUT2D eigenvalue weighted by atomic mass is 16.2. The SMILES string of the molecule is CCN(C(=O)C1CCCNC1C)C1CCCCC1. The van der Waals surface area contributed by atoms with Crippen molar-refractivity contribution in [2.24, 2.45) is 5.92 Å². The van der Waals surface area contributed by atoms with Crippen molar-refractivity contribution in [2.75, 3.05) is 13.1 Å². The molecule has 2 fully saturated rings. The van der Waals surface area contributed by atoms with Gasteiger partial charge in [0.2, 0.25) is 5.91 Å². The van der Waals surface area contributed by atoms with Crippen molar-refractivity contribution in [1.82, 2.24) is 10.2 Å². The standard InChI is InChI=1S/C15H28N2O/c1-3-17(13-8-5-4-6-9-13)15(18)14-10-7-11-16-12(14)2/h12-14,16H,3-11H2,1-2H3. The van der Waals surface area contributed by atoms with Crippen molar-refractivity contribution in [3.63, 3.8) is 0 Å². The molecule has 1 aliphatic carbocycles. The molecular weight excluding hydrogens is 224 g/mol. The van der Waals surface area contributed by atoms with Gasteiger partial charge in [-0.3, -0.25) is 4.79 Å². The van der Waals surface area contributed by atoms with Crippen molar-refractivity contribution >= 4 is 5.91 Å². The number of hydrogen-bond acceptors (Lipinski definition) is 2. The van der Waals surface area contributed by atoms with Crippen LogP contribution in [0.2, 0.25) is 0 Å². The van der Waals surface area contributed by atoms with E-state index in [-0.39, 0.29) is 5.92 Å². The lowest BCUT2D eigenvalue weighted by atomic mass is 9.88. The Balaban J connectivity index is 1.99. The fourth-order valence-corrected chi connectivity index (χ4v) is 3.58. The van der Waals surface area contributed by atoms with Gasteiger partial charge in [-0.25, -0.2) is 0 Å². The Hall–Kier alpha value is -0.570. The van der Waals surface area contributed by atoms with Gasteiger partial charge in [-0.1, -0.05) is 19.3 Å². The van der Waals surface area contributed by atoms with Gasteiger partial charge in [-0.05, 0) is 46.1 Å². The number of amides is 1. The Morgan fingerprint density at radius 1 is 1.17 bits per heavy atom. The summed E-state index contributed by atoms with van der Waals surface area (Å²) in [5, 5.41) is 3.45. The van der Waals surface area contributed by atoms with Crippen molar-refractivity contribution in [3.05, 3.63) is 0 Å². The number of carbonyl (C=O) groups excluding carboxylic acids is 1. The first kappa shape index (κ1) is 13.9. The number of rotatable bonds is 3. The van der Waals surface area contributed by atoms with Crippen LogP contribution in [-0.2, 0) is 4.79 Å². The molecule has 1 N–H and O–H groups in total. The third kappa shape index (κ3) is 3.05. The summed E-state index contributed by atoms with van der Waals surface area (Å²) in [5.41, 5.74) is 0. The van der Waals surface area contributed by atoms with Crippen molar-refractivity contribution in [1.29, 1.82) is 0 Å². The summed E-state index contributed by atoms with van der Waals surface area (Å²) in [6, 6.07) is 0.870. The quantitative estimate of drug-likeness (QED) is 0.837. The smallest absolute Gasteiger partial charge is 0.227 e. The summed E-state index contributed by atoms with van der Waals surface area (Å²) in [6.07, 6.45) is 8.59. The molecule has 0 aromatic heterocycles. The van der Waals surface area contributed by atoms with E-state index in [1.807, 2.05) is 0 Å². The van der Waals surface area contributed by atoms with Crippen LogP contribution in [0.25, 0.3) is 0 Å². The molecule has 2 unspecified atom stereocenters. The second-order valence-corrected chi connectivity index (χ2v) is 5.91. The Kier molecular flexibility index (Phi) is 5.04. The Labute approximate surface area is 111 Å². The summed E-state index contributed by atoms with van der Waals surface area (Å²) in [6.45, 7) is 6.25. The molecule has 3 nitrogen and oxygen atoms in total. The lowest BCUT2D eigenvalue weighted by molar-refractivity contribution is -0.140. The van der Waals surface area contributed by atoms with Crippen molar-refractivity contribution in [3.8, 4) is 0 Å². The van der Waals surface area contributed by atoms with Crippen LogP contribution >= 0.6 is 0 Å². The van der Waals surface area contributed by atoms with Gasteiger partial charge in [0, 0.05) is 18.6 Å². The lowest BCUT2D eigenvalue weighted by Crippen LogP contribution is -2.51. The van der Waals surface area contributed by atoms with Crippen LogP contribution in [0, 0.1) is 5.92 Å². The molecule has 2 aliphatic rings. The fourth-order valence-electron chi connectivity index (χ4n) is 3.58. The molecule has 2 atom stereocenters. The van der Waals surface area contributed by atoms with E-state index in [9.17, 15) is 4.79 Å². The Bertz CT molecular complexity index is 274. The minimum Gasteiger partial charge on any atom is -0.340 e. The first-order chi connectivity index (χ1) is 8.74. The van der Waals surface area contributed by atoms with Gasteiger partial charge in [0.25, 0.3) is 0 Å².